The quantitative estimate of drug-likeness (QED) is 0.242. The van der Waals surface area contributed by atoms with E-state index in [1.165, 1.54) is 21.8 Å². The van der Waals surface area contributed by atoms with E-state index in [4.69, 9.17) is 9.73 Å². The molecule has 0 amide bonds. The number of para-hydroxylation sites is 4. The largest absolute Gasteiger partial charge is 0.483 e. The Morgan fingerprint density at radius 3 is 1.87 bits per heavy atom. The molecule has 2 aliphatic rings. The molecule has 0 aliphatic carbocycles. The monoisotopic (exact) mass is 503 g/mol. The van der Waals surface area contributed by atoms with Crippen molar-refractivity contribution in [2.24, 2.45) is 4.99 Å². The number of ether oxygens (including phenoxy) is 1. The van der Waals surface area contributed by atoms with E-state index in [-0.39, 0.29) is 12.0 Å². The molecule has 0 fully saturated rings. The predicted molar refractivity (Wildman–Crippen MR) is 160 cm³/mol. The summed E-state index contributed by atoms with van der Waals surface area (Å²) in [7, 11) is 0. The molecule has 3 heterocycles. The highest BCUT2D eigenvalue weighted by atomic mass is 16.5. The van der Waals surface area contributed by atoms with Crippen LogP contribution >= 0.6 is 0 Å². The first-order chi connectivity index (χ1) is 19.4. The van der Waals surface area contributed by atoms with Crippen LogP contribution in [0.15, 0.2) is 144 Å². The van der Waals surface area contributed by atoms with Crippen molar-refractivity contribution in [3.05, 3.63) is 145 Å². The van der Waals surface area contributed by atoms with Gasteiger partial charge in [-0.25, -0.2) is 0 Å². The molecule has 186 valence electrons. The lowest BCUT2D eigenvalue weighted by atomic mass is 9.92. The lowest BCUT2D eigenvalue weighted by Gasteiger charge is -2.33. The molecule has 0 spiro atoms. The minimum Gasteiger partial charge on any atom is -0.483 e. The van der Waals surface area contributed by atoms with Crippen LogP contribution in [0.2, 0.25) is 0 Å². The van der Waals surface area contributed by atoms with E-state index in [0.29, 0.717) is 0 Å². The second-order valence-electron chi connectivity index (χ2n) is 10.0. The van der Waals surface area contributed by atoms with Crippen molar-refractivity contribution < 1.29 is 4.74 Å². The Balaban J connectivity index is 1.24. The summed E-state index contributed by atoms with van der Waals surface area (Å²) in [6.07, 6.45) is 3.80. The second-order valence-corrected chi connectivity index (χ2v) is 10.0. The van der Waals surface area contributed by atoms with E-state index >= 15 is 0 Å². The number of hydrogen-bond acceptors (Lipinski definition) is 3. The van der Waals surface area contributed by atoms with Gasteiger partial charge in [0.2, 0.25) is 0 Å². The Labute approximate surface area is 226 Å². The molecule has 39 heavy (non-hydrogen) atoms. The summed E-state index contributed by atoms with van der Waals surface area (Å²) in [6, 6.07) is 44.7. The van der Waals surface area contributed by atoms with E-state index in [1.807, 2.05) is 24.5 Å². The van der Waals surface area contributed by atoms with Crippen LogP contribution in [0.4, 0.5) is 11.4 Å². The van der Waals surface area contributed by atoms with Crippen molar-refractivity contribution >= 4 is 39.4 Å². The standard InChI is InChI=1S/C35H25N3O/c1-3-11-24(12-4-1)37(25-13-5-2-6-14-25)33-23-36-22-30-29-21-26(19-20-34(29)39-35(30)33)38-31-17-9-7-15-27(31)28-16-8-10-18-32(28)38/h1-23,30,35H. The van der Waals surface area contributed by atoms with Crippen LogP contribution in [0.3, 0.4) is 0 Å². The van der Waals surface area contributed by atoms with E-state index in [2.05, 4.69) is 125 Å². The van der Waals surface area contributed by atoms with Gasteiger partial charge in [-0.3, -0.25) is 4.99 Å². The lowest BCUT2D eigenvalue weighted by Crippen LogP contribution is -2.34. The van der Waals surface area contributed by atoms with Gasteiger partial charge >= 0.3 is 0 Å². The van der Waals surface area contributed by atoms with Gasteiger partial charge in [0.1, 0.15) is 5.75 Å². The zero-order valence-corrected chi connectivity index (χ0v) is 21.2. The van der Waals surface area contributed by atoms with Crippen molar-refractivity contribution in [3.8, 4) is 11.4 Å². The summed E-state index contributed by atoms with van der Waals surface area (Å²) in [6.45, 7) is 0. The molecule has 1 aromatic heterocycles. The zero-order valence-electron chi connectivity index (χ0n) is 21.2. The van der Waals surface area contributed by atoms with Crippen molar-refractivity contribution in [2.45, 2.75) is 12.0 Å². The third-order valence-corrected chi connectivity index (χ3v) is 7.80. The van der Waals surface area contributed by atoms with E-state index in [9.17, 15) is 0 Å². The maximum atomic E-state index is 6.68. The summed E-state index contributed by atoms with van der Waals surface area (Å²) < 4.78 is 9.04. The van der Waals surface area contributed by atoms with Gasteiger partial charge in [0.15, 0.2) is 6.10 Å². The van der Waals surface area contributed by atoms with E-state index < -0.39 is 0 Å². The van der Waals surface area contributed by atoms with Gasteiger partial charge in [-0.2, -0.15) is 0 Å². The van der Waals surface area contributed by atoms with Crippen molar-refractivity contribution in [1.82, 2.24) is 4.57 Å². The molecule has 4 heteroatoms. The summed E-state index contributed by atoms with van der Waals surface area (Å²) in [5.74, 6) is 0.929. The van der Waals surface area contributed by atoms with Crippen LogP contribution in [-0.4, -0.2) is 16.9 Å². The molecule has 8 rings (SSSR count). The first-order valence-electron chi connectivity index (χ1n) is 13.3. The molecule has 0 bridgehead atoms. The van der Waals surface area contributed by atoms with Gasteiger partial charge < -0.3 is 14.2 Å². The Morgan fingerprint density at radius 1 is 0.641 bits per heavy atom. The number of hydrogen-bond donors (Lipinski definition) is 0. The summed E-state index contributed by atoms with van der Waals surface area (Å²) in [4.78, 5) is 7.01. The van der Waals surface area contributed by atoms with Gasteiger partial charge in [-0.05, 0) is 54.6 Å². The SMILES string of the molecule is C1=NC=C(N(c2ccccc2)c2ccccc2)C2Oc3ccc(-n4c5ccccc5c5ccccc54)cc3C12. The average molecular weight is 504 g/mol. The van der Waals surface area contributed by atoms with Crippen molar-refractivity contribution in [2.75, 3.05) is 4.90 Å². The molecule has 0 saturated heterocycles. The highest BCUT2D eigenvalue weighted by Crippen LogP contribution is 2.46. The molecule has 2 aliphatic heterocycles. The van der Waals surface area contributed by atoms with Crippen LogP contribution in [-0.2, 0) is 0 Å². The van der Waals surface area contributed by atoms with Crippen LogP contribution in [0.25, 0.3) is 27.5 Å². The van der Waals surface area contributed by atoms with Crippen molar-refractivity contribution in [3.63, 3.8) is 0 Å². The molecule has 4 nitrogen and oxygen atoms in total. The molecule has 0 saturated carbocycles. The van der Waals surface area contributed by atoms with Crippen LogP contribution in [0.5, 0.6) is 5.75 Å². The van der Waals surface area contributed by atoms with E-state index in [1.54, 1.807) is 0 Å². The number of aromatic nitrogens is 1. The fraction of sp³-hybridized carbons (Fsp3) is 0.0571. The molecule has 2 atom stereocenters. The minimum atomic E-state index is -0.175. The molecular formula is C35H25N3O. The fourth-order valence-corrected chi connectivity index (χ4v) is 6.09. The summed E-state index contributed by atoms with van der Waals surface area (Å²) in [5, 5.41) is 2.52. The molecule has 5 aromatic carbocycles. The topological polar surface area (TPSA) is 29.8 Å². The van der Waals surface area contributed by atoms with Gasteiger partial charge in [-0.15, -0.1) is 0 Å². The fourth-order valence-electron chi connectivity index (χ4n) is 6.09. The lowest BCUT2D eigenvalue weighted by molar-refractivity contribution is 0.259. The second kappa shape index (κ2) is 8.74. The zero-order chi connectivity index (χ0) is 25.8. The Bertz CT molecular complexity index is 1810. The van der Waals surface area contributed by atoms with E-state index in [0.717, 1.165) is 34.1 Å². The molecule has 6 aromatic rings. The smallest absolute Gasteiger partial charge is 0.152 e. The summed E-state index contributed by atoms with van der Waals surface area (Å²) in [5.41, 5.74) is 7.87. The Kier molecular flexibility index (Phi) is 4.92. The molecule has 0 radical (unpaired) electrons. The third-order valence-electron chi connectivity index (χ3n) is 7.80. The number of rotatable bonds is 4. The van der Waals surface area contributed by atoms with Gasteiger partial charge in [0.25, 0.3) is 0 Å². The normalized spacial score (nSPS) is 17.5. The maximum absolute atomic E-state index is 6.68. The highest BCUT2D eigenvalue weighted by molar-refractivity contribution is 6.09. The number of anilines is 2. The number of benzene rings is 5. The van der Waals surface area contributed by atoms with Gasteiger partial charge in [0, 0.05) is 39.6 Å². The van der Waals surface area contributed by atoms with Crippen LogP contribution in [0.1, 0.15) is 11.5 Å². The average Bonchev–Trinajstić information content (AvgIpc) is 3.54. The van der Waals surface area contributed by atoms with Gasteiger partial charge in [0.05, 0.1) is 28.8 Å². The molecule has 2 unspecified atom stereocenters. The third kappa shape index (κ3) is 3.42. The van der Waals surface area contributed by atoms with Crippen LogP contribution in [0, 0.1) is 0 Å². The highest BCUT2D eigenvalue weighted by Gasteiger charge is 2.40. The Morgan fingerprint density at radius 2 is 1.23 bits per heavy atom. The number of nitrogens with zero attached hydrogens (tertiary/aromatic N) is 3. The van der Waals surface area contributed by atoms with Gasteiger partial charge in [-0.1, -0.05) is 72.8 Å². The Hall–Kier alpha value is -5.09. The first kappa shape index (κ1) is 21.9. The predicted octanol–water partition coefficient (Wildman–Crippen LogP) is 8.39. The number of fused-ring (bicyclic) bond motifs is 6. The van der Waals surface area contributed by atoms with Crippen molar-refractivity contribution in [1.29, 1.82) is 0 Å². The molecular weight excluding hydrogens is 478 g/mol. The summed E-state index contributed by atoms with van der Waals surface area (Å²) >= 11 is 0. The number of aliphatic imine (C=N–C) groups is 1. The first-order valence-corrected chi connectivity index (χ1v) is 13.3. The maximum Gasteiger partial charge on any atom is 0.152 e. The van der Waals surface area contributed by atoms with Crippen LogP contribution < -0.4 is 9.64 Å². The minimum absolute atomic E-state index is 0.0166. The molecule has 0 N–H and O–H groups in total.